The first-order valence-corrected chi connectivity index (χ1v) is 40.8. The Morgan fingerprint density at radius 1 is 0.174 bits per heavy atom. The molecule has 0 saturated carbocycles. The summed E-state index contributed by atoms with van der Waals surface area (Å²) in [6.07, 6.45) is 0. The fourth-order valence-electron chi connectivity index (χ4n) is 14.9. The Hall–Kier alpha value is -11.6. The molecular formula is C109H128N6. The van der Waals surface area contributed by atoms with E-state index in [2.05, 4.69) is 535 Å². The lowest BCUT2D eigenvalue weighted by molar-refractivity contribution is 0.559. The Balaban J connectivity index is 0.000000158. The van der Waals surface area contributed by atoms with Gasteiger partial charge in [-0.1, -0.05) is 235 Å². The van der Waals surface area contributed by atoms with E-state index in [0.717, 1.165) is 0 Å². The van der Waals surface area contributed by atoms with E-state index < -0.39 is 0 Å². The Morgan fingerprint density at radius 3 is 0.887 bits per heavy atom. The van der Waals surface area contributed by atoms with Crippen LogP contribution in [0.5, 0.6) is 0 Å². The molecule has 0 radical (unpaired) electrons. The van der Waals surface area contributed by atoms with E-state index in [1.54, 1.807) is 0 Å². The van der Waals surface area contributed by atoms with Crippen LogP contribution in [0.3, 0.4) is 0 Å². The van der Waals surface area contributed by atoms with Crippen molar-refractivity contribution in [3.63, 3.8) is 0 Å². The topological polar surface area (TPSA) is 19.4 Å². The molecule has 0 heterocycles. The van der Waals surface area contributed by atoms with Gasteiger partial charge in [0.2, 0.25) is 0 Å². The summed E-state index contributed by atoms with van der Waals surface area (Å²) in [6.45, 7) is 50.9. The smallest absolute Gasteiger partial charge is 0.0495 e. The molecule has 0 aliphatic heterocycles. The van der Waals surface area contributed by atoms with E-state index in [1.807, 2.05) is 0 Å². The number of para-hydroxylation sites is 6. The van der Waals surface area contributed by atoms with E-state index in [-0.39, 0.29) is 27.7 Å². The first kappa shape index (κ1) is 87.4. The van der Waals surface area contributed by atoms with Crippen molar-refractivity contribution in [3.05, 3.63) is 384 Å². The van der Waals surface area contributed by atoms with Crippen molar-refractivity contribution in [2.75, 3.05) is 36.4 Å². The number of aryl methyl sites for hydroxylation is 8. The highest BCUT2D eigenvalue weighted by Crippen LogP contribution is 2.42. The molecule has 0 amide bonds. The van der Waals surface area contributed by atoms with E-state index in [1.165, 1.54) is 134 Å². The molecule has 0 fully saturated rings. The van der Waals surface area contributed by atoms with Gasteiger partial charge in [-0.25, -0.2) is 0 Å². The summed E-state index contributed by atoms with van der Waals surface area (Å²) >= 11 is 0. The molecule has 0 aromatic heterocycles. The Labute approximate surface area is 693 Å². The summed E-state index contributed by atoms with van der Waals surface area (Å²) in [5, 5.41) is 5.13. The van der Waals surface area contributed by atoms with Crippen molar-refractivity contribution < 1.29 is 0 Å². The minimum absolute atomic E-state index is 0.00543. The van der Waals surface area contributed by atoms with Crippen LogP contribution in [0.1, 0.15) is 148 Å². The van der Waals surface area contributed by atoms with Crippen molar-refractivity contribution in [1.82, 2.24) is 0 Å². The number of hydrogen-bond acceptors (Lipinski definition) is 6. The Morgan fingerprint density at radius 2 is 0.478 bits per heavy atom. The van der Waals surface area contributed by atoms with Gasteiger partial charge in [0.05, 0.1) is 0 Å². The van der Waals surface area contributed by atoms with Crippen LogP contribution in [-0.2, 0) is 0 Å². The summed E-state index contributed by atoms with van der Waals surface area (Å²) in [4.78, 5) is 14.2. The number of anilines is 12. The predicted octanol–water partition coefficient (Wildman–Crippen LogP) is 31.3. The van der Waals surface area contributed by atoms with Crippen LogP contribution in [0.4, 0.5) is 68.2 Å². The average Bonchev–Trinajstić information content (AvgIpc) is 0.795. The Bertz CT molecular complexity index is 5180. The number of nitrogens with zero attached hydrogens (tertiary/aromatic N) is 6. The molecule has 0 aliphatic carbocycles. The molecule has 14 aromatic carbocycles. The third-order valence-electron chi connectivity index (χ3n) is 20.3. The van der Waals surface area contributed by atoms with Crippen molar-refractivity contribution in [3.8, 4) is 0 Å². The van der Waals surface area contributed by atoms with Gasteiger partial charge in [-0.2, -0.15) is 0 Å². The minimum atomic E-state index is 0.00543. The van der Waals surface area contributed by atoms with Gasteiger partial charge in [0, 0.05) is 108 Å². The maximum Gasteiger partial charge on any atom is 0.0495 e. The molecule has 0 N–H and O–H groups in total. The van der Waals surface area contributed by atoms with Crippen LogP contribution in [-0.4, -0.2) is 34.7 Å². The van der Waals surface area contributed by atoms with Crippen molar-refractivity contribution in [2.45, 2.75) is 187 Å². The van der Waals surface area contributed by atoms with Gasteiger partial charge in [-0.15, -0.1) is 0 Å². The van der Waals surface area contributed by atoms with Gasteiger partial charge in [0.1, 0.15) is 0 Å². The first-order valence-electron chi connectivity index (χ1n) is 40.8. The third kappa shape index (κ3) is 24.0. The van der Waals surface area contributed by atoms with E-state index in [0.29, 0.717) is 0 Å². The fourth-order valence-corrected chi connectivity index (χ4v) is 14.9. The highest BCUT2D eigenvalue weighted by atomic mass is 15.2. The molecule has 14 aromatic rings. The fraction of sp³-hybridized carbons (Fsp3) is 0.266. The van der Waals surface area contributed by atoms with Crippen LogP contribution in [0.25, 0.3) is 21.5 Å². The highest BCUT2D eigenvalue weighted by Gasteiger charge is 2.29. The zero-order valence-electron chi connectivity index (χ0n) is 73.5. The zero-order chi connectivity index (χ0) is 83.4. The summed E-state index contributed by atoms with van der Waals surface area (Å²) in [7, 11) is 2.12. The van der Waals surface area contributed by atoms with Crippen molar-refractivity contribution in [2.24, 2.45) is 0 Å². The predicted molar refractivity (Wildman–Crippen MR) is 508 cm³/mol. The number of benzene rings is 14. The largest absolute Gasteiger partial charge is 0.344 e. The molecule has 594 valence electrons. The average molecular weight is 1520 g/mol. The normalized spacial score (nSPS) is 11.3. The number of fused-ring (bicyclic) bond motifs is 2. The maximum atomic E-state index is 2.44. The lowest BCUT2D eigenvalue weighted by Gasteiger charge is -2.39. The van der Waals surface area contributed by atoms with Gasteiger partial charge in [0.25, 0.3) is 0 Å². The van der Waals surface area contributed by atoms with Crippen LogP contribution < -0.4 is 29.4 Å². The molecule has 6 nitrogen and oxygen atoms in total. The quantitative estimate of drug-likeness (QED) is 0.121. The van der Waals surface area contributed by atoms with Gasteiger partial charge in [-0.3, -0.25) is 0 Å². The van der Waals surface area contributed by atoms with Gasteiger partial charge in [0.15, 0.2) is 0 Å². The van der Waals surface area contributed by atoms with Gasteiger partial charge >= 0.3 is 0 Å². The summed E-state index contributed by atoms with van der Waals surface area (Å²) in [5.74, 6) is 0. The molecule has 0 saturated heterocycles. The van der Waals surface area contributed by atoms with E-state index in [4.69, 9.17) is 0 Å². The molecule has 0 unspecified atom stereocenters. The number of rotatable bonds is 12. The molecule has 0 bridgehead atoms. The second-order valence-electron chi connectivity index (χ2n) is 35.3. The summed E-state index contributed by atoms with van der Waals surface area (Å²) < 4.78 is 0. The molecule has 115 heavy (non-hydrogen) atoms. The molecule has 0 atom stereocenters. The molecule has 0 spiro atoms. The molecule has 14 rings (SSSR count). The van der Waals surface area contributed by atoms with E-state index in [9.17, 15) is 0 Å². The minimum Gasteiger partial charge on any atom is -0.344 e. The van der Waals surface area contributed by atoms with Gasteiger partial charge < -0.3 is 29.4 Å². The SMILES string of the molecule is CC(C)(C)N(c1ccccc1)c1ccc2ccccc2c1.CC(C)(C)N(c1ccccc1)c1cccc2ccccc12.CC(C)(C)N(c1ccccc1)c1ccccc1.Cc1ccc(N(c2ccc(C)c(C)c2)C(C)(C)C)c(C)c1.Cc1ccc(N(c2ccc(C)cc2)C(C)(C)C)cc1.Cc1ccccc1N(C)c1ccccc1C. The van der Waals surface area contributed by atoms with Crippen molar-refractivity contribution >= 4 is 89.8 Å². The van der Waals surface area contributed by atoms with E-state index >= 15 is 0 Å². The van der Waals surface area contributed by atoms with Gasteiger partial charge in [-0.05, 0) is 325 Å². The second-order valence-corrected chi connectivity index (χ2v) is 35.3. The van der Waals surface area contributed by atoms with Crippen LogP contribution in [0, 0.1) is 55.4 Å². The summed E-state index contributed by atoms with van der Waals surface area (Å²) in [5.41, 5.74) is 25.6. The molecule has 6 heteroatoms. The highest BCUT2D eigenvalue weighted by molar-refractivity contribution is 5.96. The van der Waals surface area contributed by atoms with Crippen LogP contribution >= 0.6 is 0 Å². The lowest BCUT2D eigenvalue weighted by atomic mass is 9.99. The zero-order valence-corrected chi connectivity index (χ0v) is 73.5. The molecule has 0 aliphatic rings. The van der Waals surface area contributed by atoms with Crippen molar-refractivity contribution in [1.29, 1.82) is 0 Å². The first-order chi connectivity index (χ1) is 54.5. The lowest BCUT2D eigenvalue weighted by Crippen LogP contribution is -2.38. The van der Waals surface area contributed by atoms with Crippen LogP contribution in [0.15, 0.2) is 340 Å². The monoisotopic (exact) mass is 1520 g/mol. The number of hydrogen-bond donors (Lipinski definition) is 0. The second kappa shape index (κ2) is 39.0. The Kier molecular flexibility index (Phi) is 29.6. The summed E-state index contributed by atoms with van der Waals surface area (Å²) in [6, 6.07) is 120. The standard InChI is InChI=1S/2C20H21N.C20H27N.C18H23N.C16H19N.C15H17N/c1-20(2,3)21(17-12-5-4-6-13-17)19-15-9-11-16-10-7-8-14-18(16)19;1-20(2,3)21(18-11-5-4-6-12-18)19-14-13-16-9-7-8-10-17(16)15-19;1-14-8-11-19(17(4)12-14)21(20(5,6)7)18-10-9-15(2)16(3)13-18;1-14-6-10-16(11-7-14)19(18(3,4)5)17-12-8-15(2)9-13-17;1-16(2,3)17(14-10-6-4-7-11-14)15-12-8-5-9-13-15;1-12-8-4-6-10-14(12)16(3)15-11-7-5-9-13(15)2/h2*4-15H,1-3H3;8-13H,1-7H3;6-13H,1-5H3;4-13H,1-3H3;4-11H,1-3H3. The maximum absolute atomic E-state index is 2.44. The van der Waals surface area contributed by atoms with Crippen LogP contribution in [0.2, 0.25) is 0 Å². The third-order valence-corrected chi connectivity index (χ3v) is 20.3. The molecular weight excluding hydrogens is 1390 g/mol.